The van der Waals surface area contributed by atoms with Crippen molar-refractivity contribution in [3.8, 4) is 5.75 Å². The zero-order valence-electron chi connectivity index (χ0n) is 20.6. The number of hydrogen-bond donors (Lipinski definition) is 2. The molecule has 34 heavy (non-hydrogen) atoms. The van der Waals surface area contributed by atoms with E-state index in [9.17, 15) is 9.59 Å². The van der Waals surface area contributed by atoms with E-state index in [1.54, 1.807) is 24.3 Å². The number of carbonyl (C=O) groups is 2. The molecule has 8 heteroatoms. The standard InChI is InChI=1S/C26H34N4O3S/c1-18(2)33-22-12-6-19(7-13-22)23(31)28-25(34)27-20-8-10-21(11-9-20)29-14-16-30(17-15-29)24(32)26(3,4)5/h6-13,18H,14-17H2,1-5H3,(H2,27,28,31,34). The summed E-state index contributed by atoms with van der Waals surface area (Å²) in [6, 6.07) is 14.8. The second-order valence-corrected chi connectivity index (χ2v) is 10.1. The Kier molecular flexibility index (Phi) is 8.15. The third kappa shape index (κ3) is 6.93. The van der Waals surface area contributed by atoms with Gasteiger partial charge in [-0.15, -0.1) is 0 Å². The van der Waals surface area contributed by atoms with Crippen LogP contribution in [0.1, 0.15) is 45.0 Å². The van der Waals surface area contributed by atoms with Crippen molar-refractivity contribution in [3.63, 3.8) is 0 Å². The van der Waals surface area contributed by atoms with E-state index >= 15 is 0 Å². The largest absolute Gasteiger partial charge is 0.491 e. The zero-order chi connectivity index (χ0) is 24.9. The van der Waals surface area contributed by atoms with Crippen LogP contribution in [-0.2, 0) is 4.79 Å². The van der Waals surface area contributed by atoms with Crippen LogP contribution in [0, 0.1) is 5.41 Å². The van der Waals surface area contributed by atoms with Crippen LogP contribution in [0.5, 0.6) is 5.75 Å². The predicted molar refractivity (Wildman–Crippen MR) is 141 cm³/mol. The van der Waals surface area contributed by atoms with Gasteiger partial charge < -0.3 is 19.9 Å². The molecule has 3 rings (SSSR count). The van der Waals surface area contributed by atoms with Gasteiger partial charge in [0.2, 0.25) is 5.91 Å². The summed E-state index contributed by atoms with van der Waals surface area (Å²) in [7, 11) is 0. The highest BCUT2D eigenvalue weighted by atomic mass is 32.1. The molecule has 0 bridgehead atoms. The molecule has 0 aromatic heterocycles. The summed E-state index contributed by atoms with van der Waals surface area (Å²) < 4.78 is 5.60. The van der Waals surface area contributed by atoms with Crippen molar-refractivity contribution in [2.45, 2.75) is 40.7 Å². The highest BCUT2D eigenvalue weighted by Crippen LogP contribution is 2.22. The Morgan fingerprint density at radius 2 is 1.53 bits per heavy atom. The fourth-order valence-electron chi connectivity index (χ4n) is 3.69. The third-order valence-electron chi connectivity index (χ3n) is 5.41. The molecule has 2 amide bonds. The second kappa shape index (κ2) is 10.9. The van der Waals surface area contributed by atoms with Crippen molar-refractivity contribution in [2.24, 2.45) is 5.41 Å². The molecule has 182 valence electrons. The minimum absolute atomic E-state index is 0.0742. The molecule has 2 N–H and O–H groups in total. The van der Waals surface area contributed by atoms with E-state index in [1.165, 1.54) is 0 Å². The Hall–Kier alpha value is -3.13. The smallest absolute Gasteiger partial charge is 0.257 e. The first-order valence-corrected chi connectivity index (χ1v) is 12.0. The quantitative estimate of drug-likeness (QED) is 0.619. The van der Waals surface area contributed by atoms with Gasteiger partial charge in [0.25, 0.3) is 5.91 Å². The lowest BCUT2D eigenvalue weighted by atomic mass is 9.94. The third-order valence-corrected chi connectivity index (χ3v) is 5.62. The van der Waals surface area contributed by atoms with E-state index in [4.69, 9.17) is 17.0 Å². The van der Waals surface area contributed by atoms with E-state index in [2.05, 4.69) is 15.5 Å². The normalized spacial score (nSPS) is 14.1. The Bertz CT molecular complexity index is 1010. The topological polar surface area (TPSA) is 73.9 Å². The van der Waals surface area contributed by atoms with Crippen molar-refractivity contribution >= 4 is 40.5 Å². The highest BCUT2D eigenvalue weighted by molar-refractivity contribution is 7.80. The maximum Gasteiger partial charge on any atom is 0.257 e. The monoisotopic (exact) mass is 482 g/mol. The van der Waals surface area contributed by atoms with Gasteiger partial charge in [0.15, 0.2) is 5.11 Å². The molecular weight excluding hydrogens is 448 g/mol. The summed E-state index contributed by atoms with van der Waals surface area (Å²) in [6.45, 7) is 12.8. The average Bonchev–Trinajstić information content (AvgIpc) is 2.78. The fraction of sp³-hybridized carbons (Fsp3) is 0.423. The first kappa shape index (κ1) is 25.5. The van der Waals surface area contributed by atoms with Gasteiger partial charge in [-0.05, 0) is 74.6 Å². The number of rotatable bonds is 5. The first-order chi connectivity index (χ1) is 16.0. The van der Waals surface area contributed by atoms with E-state index in [0.717, 1.165) is 43.3 Å². The van der Waals surface area contributed by atoms with Crippen LogP contribution < -0.4 is 20.3 Å². The van der Waals surface area contributed by atoms with Gasteiger partial charge in [0, 0.05) is 48.5 Å². The van der Waals surface area contributed by atoms with Crippen molar-refractivity contribution in [3.05, 3.63) is 54.1 Å². The van der Waals surface area contributed by atoms with Gasteiger partial charge in [0.1, 0.15) is 5.75 Å². The van der Waals surface area contributed by atoms with Crippen molar-refractivity contribution in [2.75, 3.05) is 36.4 Å². The van der Waals surface area contributed by atoms with Crippen LogP contribution in [0.3, 0.4) is 0 Å². The van der Waals surface area contributed by atoms with Gasteiger partial charge in [0.05, 0.1) is 6.10 Å². The van der Waals surface area contributed by atoms with Gasteiger partial charge in [-0.2, -0.15) is 0 Å². The number of ether oxygens (including phenoxy) is 1. The van der Waals surface area contributed by atoms with Crippen LogP contribution >= 0.6 is 12.2 Å². The molecule has 7 nitrogen and oxygen atoms in total. The van der Waals surface area contributed by atoms with Crippen LogP contribution in [0.4, 0.5) is 11.4 Å². The lowest BCUT2D eigenvalue weighted by molar-refractivity contribution is -0.139. The Labute approximate surface area is 207 Å². The molecule has 0 atom stereocenters. The SMILES string of the molecule is CC(C)Oc1ccc(C(=O)NC(=S)Nc2ccc(N3CCN(C(=O)C(C)(C)C)CC3)cc2)cc1. The number of amides is 2. The van der Waals surface area contributed by atoms with Gasteiger partial charge >= 0.3 is 0 Å². The molecule has 2 aromatic rings. The fourth-order valence-corrected chi connectivity index (χ4v) is 3.90. The maximum atomic E-state index is 12.5. The average molecular weight is 483 g/mol. The minimum atomic E-state index is -0.352. The number of piperazine rings is 1. The molecular formula is C26H34N4O3S. The van der Waals surface area contributed by atoms with Crippen molar-refractivity contribution < 1.29 is 14.3 Å². The van der Waals surface area contributed by atoms with Crippen LogP contribution in [0.25, 0.3) is 0 Å². The van der Waals surface area contributed by atoms with Gasteiger partial charge in [-0.3, -0.25) is 14.9 Å². The summed E-state index contributed by atoms with van der Waals surface area (Å²) >= 11 is 5.30. The van der Waals surface area contributed by atoms with E-state index in [-0.39, 0.29) is 28.4 Å². The summed E-state index contributed by atoms with van der Waals surface area (Å²) in [6.07, 6.45) is 0.0742. The number of anilines is 2. The predicted octanol–water partition coefficient (Wildman–Crippen LogP) is 4.30. The second-order valence-electron chi connectivity index (χ2n) is 9.68. The van der Waals surface area contributed by atoms with E-state index in [1.807, 2.05) is 63.8 Å². The highest BCUT2D eigenvalue weighted by Gasteiger charge is 2.29. The van der Waals surface area contributed by atoms with Crippen LogP contribution in [-0.4, -0.2) is 54.1 Å². The molecule has 0 aliphatic carbocycles. The minimum Gasteiger partial charge on any atom is -0.491 e. The molecule has 0 radical (unpaired) electrons. The molecule has 0 unspecified atom stereocenters. The number of benzene rings is 2. The van der Waals surface area contributed by atoms with Gasteiger partial charge in [-0.1, -0.05) is 20.8 Å². The first-order valence-electron chi connectivity index (χ1n) is 11.6. The molecule has 0 spiro atoms. The molecule has 2 aromatic carbocycles. The Morgan fingerprint density at radius 3 is 2.06 bits per heavy atom. The zero-order valence-corrected chi connectivity index (χ0v) is 21.4. The molecule has 1 aliphatic rings. The summed E-state index contributed by atoms with van der Waals surface area (Å²) in [5.74, 6) is 0.629. The number of thiocarbonyl (C=S) groups is 1. The lowest BCUT2D eigenvalue weighted by Gasteiger charge is -2.38. The van der Waals surface area contributed by atoms with Crippen molar-refractivity contribution in [1.82, 2.24) is 10.2 Å². The summed E-state index contributed by atoms with van der Waals surface area (Å²) in [5, 5.41) is 5.99. The van der Waals surface area contributed by atoms with Gasteiger partial charge in [-0.25, -0.2) is 0 Å². The van der Waals surface area contributed by atoms with Crippen molar-refractivity contribution in [1.29, 1.82) is 0 Å². The molecule has 1 aliphatic heterocycles. The summed E-state index contributed by atoms with van der Waals surface area (Å²) in [5.41, 5.74) is 2.03. The molecule has 1 saturated heterocycles. The number of nitrogens with one attached hydrogen (secondary N) is 2. The maximum absolute atomic E-state index is 12.5. The number of carbonyl (C=O) groups excluding carboxylic acids is 2. The van der Waals surface area contributed by atoms with Crippen LogP contribution in [0.15, 0.2) is 48.5 Å². The van der Waals surface area contributed by atoms with E-state index in [0.29, 0.717) is 5.56 Å². The molecule has 0 saturated carbocycles. The number of nitrogens with zero attached hydrogens (tertiary/aromatic N) is 2. The van der Waals surface area contributed by atoms with Crippen LogP contribution in [0.2, 0.25) is 0 Å². The number of hydrogen-bond acceptors (Lipinski definition) is 5. The molecule has 1 heterocycles. The lowest BCUT2D eigenvalue weighted by Crippen LogP contribution is -2.51. The Morgan fingerprint density at radius 1 is 0.941 bits per heavy atom. The summed E-state index contributed by atoms with van der Waals surface area (Å²) in [4.78, 5) is 29.2. The molecule has 1 fully saturated rings. The Balaban J connectivity index is 1.49. The van der Waals surface area contributed by atoms with E-state index < -0.39 is 0 Å².